The number of rotatable bonds is 4. The van der Waals surface area contributed by atoms with Gasteiger partial charge in [-0.1, -0.05) is 0 Å². The molecule has 6 nitrogen and oxygen atoms in total. The number of hydrogen-bond acceptors (Lipinski definition) is 4. The van der Waals surface area contributed by atoms with Crippen molar-refractivity contribution in [2.75, 3.05) is 5.32 Å². The average Bonchev–Trinajstić information content (AvgIpc) is 3.01. The highest BCUT2D eigenvalue weighted by molar-refractivity contribution is 5.78. The third-order valence-corrected chi connectivity index (χ3v) is 3.18. The Morgan fingerprint density at radius 2 is 2.05 bits per heavy atom. The van der Waals surface area contributed by atoms with E-state index in [9.17, 15) is 0 Å². The van der Waals surface area contributed by atoms with E-state index in [0.717, 1.165) is 28.8 Å². The molecule has 0 spiro atoms. The van der Waals surface area contributed by atoms with Crippen molar-refractivity contribution in [3.8, 4) is 0 Å². The van der Waals surface area contributed by atoms with Crippen LogP contribution in [0, 0.1) is 0 Å². The van der Waals surface area contributed by atoms with E-state index in [-0.39, 0.29) is 0 Å². The van der Waals surface area contributed by atoms with Gasteiger partial charge in [0.25, 0.3) is 0 Å². The highest BCUT2D eigenvalue weighted by Crippen LogP contribution is 2.19. The molecule has 6 heteroatoms. The van der Waals surface area contributed by atoms with Crippen molar-refractivity contribution in [3.63, 3.8) is 0 Å². The van der Waals surface area contributed by atoms with Crippen LogP contribution in [0.25, 0.3) is 11.0 Å². The quantitative estimate of drug-likeness (QED) is 0.790. The van der Waals surface area contributed by atoms with Crippen LogP contribution in [0.3, 0.4) is 0 Å². The number of anilines is 1. The zero-order valence-electron chi connectivity index (χ0n) is 11.9. The monoisotopic (exact) mass is 270 g/mol. The summed E-state index contributed by atoms with van der Waals surface area (Å²) in [6, 6.07) is 2.39. The van der Waals surface area contributed by atoms with Crippen molar-refractivity contribution in [1.29, 1.82) is 0 Å². The Labute approximate surface area is 117 Å². The molecule has 20 heavy (non-hydrogen) atoms. The van der Waals surface area contributed by atoms with E-state index in [1.54, 1.807) is 4.68 Å². The van der Waals surface area contributed by atoms with Crippen molar-refractivity contribution in [2.24, 2.45) is 7.05 Å². The van der Waals surface area contributed by atoms with E-state index >= 15 is 0 Å². The number of hydrogen-bond donors (Lipinski definition) is 1. The second kappa shape index (κ2) is 4.96. The lowest BCUT2D eigenvalue weighted by Gasteiger charge is -2.07. The Morgan fingerprint density at radius 3 is 2.75 bits per heavy atom. The molecule has 104 valence electrons. The van der Waals surface area contributed by atoms with Gasteiger partial charge in [-0.25, -0.2) is 9.67 Å². The zero-order valence-corrected chi connectivity index (χ0v) is 11.9. The minimum atomic E-state index is 0.314. The van der Waals surface area contributed by atoms with Crippen LogP contribution < -0.4 is 5.32 Å². The van der Waals surface area contributed by atoms with Crippen LogP contribution in [0.5, 0.6) is 0 Å². The normalized spacial score (nSPS) is 11.4. The zero-order chi connectivity index (χ0) is 14.1. The molecule has 3 rings (SSSR count). The van der Waals surface area contributed by atoms with Crippen molar-refractivity contribution in [3.05, 3.63) is 36.4 Å². The van der Waals surface area contributed by atoms with Crippen LogP contribution in [-0.4, -0.2) is 24.5 Å². The number of aromatic nitrogens is 5. The number of pyridine rings is 1. The van der Waals surface area contributed by atoms with Gasteiger partial charge in [0.15, 0.2) is 5.65 Å². The van der Waals surface area contributed by atoms with Crippen molar-refractivity contribution in [2.45, 2.75) is 26.4 Å². The Hall–Kier alpha value is -2.37. The first-order valence-corrected chi connectivity index (χ1v) is 6.68. The number of nitrogens with zero attached hydrogens (tertiary/aromatic N) is 5. The predicted molar refractivity (Wildman–Crippen MR) is 78.4 cm³/mol. The molecule has 0 bridgehead atoms. The van der Waals surface area contributed by atoms with Gasteiger partial charge in [-0.2, -0.15) is 10.2 Å². The van der Waals surface area contributed by atoms with E-state index in [1.807, 2.05) is 36.5 Å². The molecule has 0 amide bonds. The van der Waals surface area contributed by atoms with Gasteiger partial charge in [0, 0.05) is 36.8 Å². The second-order valence-corrected chi connectivity index (χ2v) is 5.20. The summed E-state index contributed by atoms with van der Waals surface area (Å²) in [5, 5.41) is 12.9. The van der Waals surface area contributed by atoms with Gasteiger partial charge < -0.3 is 5.32 Å². The van der Waals surface area contributed by atoms with E-state index in [1.165, 1.54) is 0 Å². The standard InChI is InChI=1S/C14H18N6/c1-10(2)20-14-12(7-18-20)4-13(8-16-14)15-5-11-6-17-19(3)9-11/h4,6-10,15H,5H2,1-3H3. The molecule has 0 aromatic carbocycles. The van der Waals surface area contributed by atoms with Crippen LogP contribution >= 0.6 is 0 Å². The van der Waals surface area contributed by atoms with Gasteiger partial charge in [0.1, 0.15) is 0 Å². The average molecular weight is 270 g/mol. The summed E-state index contributed by atoms with van der Waals surface area (Å²) in [7, 11) is 1.91. The first kappa shape index (κ1) is 12.7. The minimum absolute atomic E-state index is 0.314. The Bertz CT molecular complexity index is 724. The molecule has 0 radical (unpaired) electrons. The summed E-state index contributed by atoms with van der Waals surface area (Å²) < 4.78 is 3.73. The highest BCUT2D eigenvalue weighted by Gasteiger charge is 2.07. The summed E-state index contributed by atoms with van der Waals surface area (Å²) >= 11 is 0. The lowest BCUT2D eigenvalue weighted by Crippen LogP contribution is -2.04. The van der Waals surface area contributed by atoms with Gasteiger partial charge in [-0.05, 0) is 19.9 Å². The van der Waals surface area contributed by atoms with Crippen LogP contribution in [0.15, 0.2) is 30.9 Å². The smallest absolute Gasteiger partial charge is 0.158 e. The Morgan fingerprint density at radius 1 is 1.20 bits per heavy atom. The lowest BCUT2D eigenvalue weighted by molar-refractivity contribution is 0.546. The van der Waals surface area contributed by atoms with Crippen LogP contribution in [0.4, 0.5) is 5.69 Å². The molecule has 0 aliphatic rings. The fourth-order valence-corrected chi connectivity index (χ4v) is 2.18. The van der Waals surface area contributed by atoms with Gasteiger partial charge in [0.2, 0.25) is 0 Å². The van der Waals surface area contributed by atoms with Gasteiger partial charge in [-0.15, -0.1) is 0 Å². The third-order valence-electron chi connectivity index (χ3n) is 3.18. The van der Waals surface area contributed by atoms with Crippen LogP contribution in [0.1, 0.15) is 25.5 Å². The molecule has 0 saturated carbocycles. The number of fused-ring (bicyclic) bond motifs is 1. The van der Waals surface area contributed by atoms with Crippen molar-refractivity contribution in [1.82, 2.24) is 24.5 Å². The van der Waals surface area contributed by atoms with E-state index in [2.05, 4.69) is 40.4 Å². The molecule has 3 heterocycles. The van der Waals surface area contributed by atoms with Crippen molar-refractivity contribution < 1.29 is 0 Å². The Balaban J connectivity index is 1.79. The van der Waals surface area contributed by atoms with E-state index in [0.29, 0.717) is 6.04 Å². The van der Waals surface area contributed by atoms with Crippen LogP contribution in [0.2, 0.25) is 0 Å². The highest BCUT2D eigenvalue weighted by atomic mass is 15.3. The first-order valence-electron chi connectivity index (χ1n) is 6.68. The fourth-order valence-electron chi connectivity index (χ4n) is 2.18. The largest absolute Gasteiger partial charge is 0.380 e. The summed E-state index contributed by atoms with van der Waals surface area (Å²) in [6.07, 6.45) is 7.56. The predicted octanol–water partition coefficient (Wildman–Crippen LogP) is 2.36. The molecular weight excluding hydrogens is 252 g/mol. The fraction of sp³-hybridized carbons (Fsp3) is 0.357. The molecular formula is C14H18N6. The number of aryl methyl sites for hydroxylation is 1. The molecule has 0 aliphatic carbocycles. The van der Waals surface area contributed by atoms with E-state index < -0.39 is 0 Å². The van der Waals surface area contributed by atoms with Gasteiger partial charge >= 0.3 is 0 Å². The molecule has 0 saturated heterocycles. The minimum Gasteiger partial charge on any atom is -0.380 e. The molecule has 0 fully saturated rings. The maximum atomic E-state index is 4.50. The third kappa shape index (κ3) is 2.36. The molecule has 3 aromatic rings. The first-order chi connectivity index (χ1) is 9.63. The van der Waals surface area contributed by atoms with Crippen LogP contribution in [-0.2, 0) is 13.6 Å². The van der Waals surface area contributed by atoms with Gasteiger partial charge in [-0.3, -0.25) is 4.68 Å². The van der Waals surface area contributed by atoms with E-state index in [4.69, 9.17) is 0 Å². The topological polar surface area (TPSA) is 60.6 Å². The molecule has 1 N–H and O–H groups in total. The number of nitrogens with one attached hydrogen (secondary N) is 1. The summed E-state index contributed by atoms with van der Waals surface area (Å²) in [5.74, 6) is 0. The maximum absolute atomic E-state index is 4.50. The van der Waals surface area contributed by atoms with Gasteiger partial charge in [0.05, 0.1) is 24.3 Å². The summed E-state index contributed by atoms with van der Waals surface area (Å²) in [4.78, 5) is 4.50. The SMILES string of the molecule is CC(C)n1ncc2cc(NCc3cnn(C)c3)cnc21. The second-order valence-electron chi connectivity index (χ2n) is 5.20. The molecule has 0 atom stereocenters. The maximum Gasteiger partial charge on any atom is 0.158 e. The molecule has 0 unspecified atom stereocenters. The summed E-state index contributed by atoms with van der Waals surface area (Å²) in [6.45, 7) is 4.94. The Kier molecular flexibility index (Phi) is 3.14. The van der Waals surface area contributed by atoms with Crippen molar-refractivity contribution >= 4 is 16.7 Å². The molecule has 0 aliphatic heterocycles. The summed E-state index contributed by atoms with van der Waals surface area (Å²) in [5.41, 5.74) is 3.06. The lowest BCUT2D eigenvalue weighted by atomic mass is 10.3. The molecule has 3 aromatic heterocycles.